The molecule has 1 aliphatic heterocycles. The van der Waals surface area contributed by atoms with Gasteiger partial charge in [-0.15, -0.1) is 0 Å². The first-order chi connectivity index (χ1) is 9.75. The van der Waals surface area contributed by atoms with E-state index in [1.54, 1.807) is 0 Å². The highest BCUT2D eigenvalue weighted by Crippen LogP contribution is 2.32. The molecule has 0 spiro atoms. The summed E-state index contributed by atoms with van der Waals surface area (Å²) in [5.74, 6) is 0. The molecule has 1 N–H and O–H groups in total. The van der Waals surface area contributed by atoms with E-state index in [1.165, 1.54) is 24.4 Å². The zero-order chi connectivity index (χ0) is 13.9. The Morgan fingerprint density at radius 2 is 2.00 bits per heavy atom. The number of fused-ring (bicyclic) bond motifs is 1. The van der Waals surface area contributed by atoms with Gasteiger partial charge < -0.3 is 10.1 Å². The molecule has 20 heavy (non-hydrogen) atoms. The van der Waals surface area contributed by atoms with Crippen molar-refractivity contribution < 1.29 is 4.74 Å². The molecule has 4 heteroatoms. The summed E-state index contributed by atoms with van der Waals surface area (Å²) in [5.41, 5.74) is 1.27. The Morgan fingerprint density at radius 3 is 2.80 bits per heavy atom. The van der Waals surface area contributed by atoms with Gasteiger partial charge in [0.15, 0.2) is 0 Å². The third-order valence-electron chi connectivity index (χ3n) is 3.78. The van der Waals surface area contributed by atoms with E-state index in [-0.39, 0.29) is 0 Å². The fraction of sp³-hybridized carbons (Fsp3) is 0.375. The van der Waals surface area contributed by atoms with Crippen LogP contribution in [-0.4, -0.2) is 19.2 Å². The van der Waals surface area contributed by atoms with Crippen LogP contribution >= 0.6 is 38.5 Å². The van der Waals surface area contributed by atoms with Gasteiger partial charge in [0.05, 0.1) is 12.7 Å². The Hall–Kier alpha value is -0.170. The molecule has 1 saturated heterocycles. The second kappa shape index (κ2) is 6.73. The quantitative estimate of drug-likeness (QED) is 0.703. The molecule has 1 aliphatic rings. The number of piperidine rings is 1. The highest BCUT2D eigenvalue weighted by molar-refractivity contribution is 14.1. The second-order valence-corrected chi connectivity index (χ2v) is 7.09. The van der Waals surface area contributed by atoms with Crippen LogP contribution in [-0.2, 0) is 11.3 Å². The number of rotatable bonds is 3. The molecular weight excluding hydrogens is 429 g/mol. The van der Waals surface area contributed by atoms with Crippen molar-refractivity contribution in [3.63, 3.8) is 0 Å². The lowest BCUT2D eigenvalue weighted by Gasteiger charge is -2.23. The standard InChI is InChI=1S/C16H17BrINO/c17-16-13-4-2-1-3-11(13)9-15(18)14(16)10-20-12-5-7-19-8-6-12/h1-4,9,12,19H,5-8,10H2. The maximum absolute atomic E-state index is 6.10. The minimum absolute atomic E-state index is 0.394. The van der Waals surface area contributed by atoms with Crippen molar-refractivity contribution in [2.24, 2.45) is 0 Å². The number of halogens is 2. The fourth-order valence-electron chi connectivity index (χ4n) is 2.61. The van der Waals surface area contributed by atoms with E-state index in [2.05, 4.69) is 74.2 Å². The maximum atomic E-state index is 6.10. The van der Waals surface area contributed by atoms with Crippen molar-refractivity contribution >= 4 is 49.3 Å². The van der Waals surface area contributed by atoms with Crippen LogP contribution in [0.25, 0.3) is 10.8 Å². The molecule has 2 aromatic carbocycles. The number of benzene rings is 2. The molecule has 0 saturated carbocycles. The lowest BCUT2D eigenvalue weighted by atomic mass is 10.1. The van der Waals surface area contributed by atoms with E-state index < -0.39 is 0 Å². The molecule has 0 aliphatic carbocycles. The number of hydrogen-bond donors (Lipinski definition) is 1. The summed E-state index contributed by atoms with van der Waals surface area (Å²) in [6, 6.07) is 10.7. The Balaban J connectivity index is 1.83. The van der Waals surface area contributed by atoms with Gasteiger partial charge in [-0.1, -0.05) is 24.3 Å². The Bertz CT molecular complexity index is 611. The highest BCUT2D eigenvalue weighted by atomic mass is 127. The van der Waals surface area contributed by atoms with Crippen LogP contribution in [0.15, 0.2) is 34.8 Å². The van der Waals surface area contributed by atoms with Gasteiger partial charge >= 0.3 is 0 Å². The molecule has 2 nitrogen and oxygen atoms in total. The molecular formula is C16H17BrINO. The summed E-state index contributed by atoms with van der Waals surface area (Å²) in [4.78, 5) is 0. The molecule has 0 atom stereocenters. The predicted molar refractivity (Wildman–Crippen MR) is 95.0 cm³/mol. The zero-order valence-electron chi connectivity index (χ0n) is 11.2. The van der Waals surface area contributed by atoms with Crippen LogP contribution in [0.5, 0.6) is 0 Å². The molecule has 0 unspecified atom stereocenters. The van der Waals surface area contributed by atoms with Crippen molar-refractivity contribution in [3.05, 3.63) is 43.9 Å². The van der Waals surface area contributed by atoms with Crippen LogP contribution in [0, 0.1) is 3.57 Å². The van der Waals surface area contributed by atoms with Crippen LogP contribution in [0.2, 0.25) is 0 Å². The summed E-state index contributed by atoms with van der Waals surface area (Å²) in [6.07, 6.45) is 2.62. The van der Waals surface area contributed by atoms with Crippen molar-refractivity contribution in [1.29, 1.82) is 0 Å². The summed E-state index contributed by atoms with van der Waals surface area (Å²) in [6.45, 7) is 2.83. The molecule has 2 aromatic rings. The molecule has 0 bridgehead atoms. The van der Waals surface area contributed by atoms with Crippen LogP contribution in [0.4, 0.5) is 0 Å². The van der Waals surface area contributed by atoms with Gasteiger partial charge in [-0.05, 0) is 81.3 Å². The van der Waals surface area contributed by atoms with Crippen molar-refractivity contribution in [2.75, 3.05) is 13.1 Å². The Kier molecular flexibility index (Phi) is 4.96. The van der Waals surface area contributed by atoms with Gasteiger partial charge in [-0.3, -0.25) is 0 Å². The van der Waals surface area contributed by atoms with Crippen LogP contribution in [0.1, 0.15) is 18.4 Å². The monoisotopic (exact) mass is 445 g/mol. The summed E-state index contributed by atoms with van der Waals surface area (Å²) in [5, 5.41) is 5.90. The third kappa shape index (κ3) is 3.18. The lowest BCUT2D eigenvalue weighted by molar-refractivity contribution is 0.0207. The van der Waals surface area contributed by atoms with Gasteiger partial charge in [-0.25, -0.2) is 0 Å². The van der Waals surface area contributed by atoms with E-state index >= 15 is 0 Å². The summed E-state index contributed by atoms with van der Waals surface area (Å²) < 4.78 is 8.55. The first-order valence-electron chi connectivity index (χ1n) is 6.93. The van der Waals surface area contributed by atoms with Gasteiger partial charge in [0.1, 0.15) is 0 Å². The van der Waals surface area contributed by atoms with Crippen molar-refractivity contribution in [2.45, 2.75) is 25.6 Å². The number of nitrogens with one attached hydrogen (secondary N) is 1. The zero-order valence-corrected chi connectivity index (χ0v) is 14.9. The Labute approximate surface area is 141 Å². The minimum Gasteiger partial charge on any atom is -0.373 e. The largest absolute Gasteiger partial charge is 0.373 e. The molecule has 106 valence electrons. The van der Waals surface area contributed by atoms with Gasteiger partial charge in [0.25, 0.3) is 0 Å². The first-order valence-corrected chi connectivity index (χ1v) is 8.81. The average Bonchev–Trinajstić information content (AvgIpc) is 2.48. The van der Waals surface area contributed by atoms with E-state index in [1.807, 2.05) is 0 Å². The molecule has 0 aromatic heterocycles. The molecule has 1 heterocycles. The van der Waals surface area contributed by atoms with E-state index in [0.29, 0.717) is 12.7 Å². The smallest absolute Gasteiger partial charge is 0.0742 e. The fourth-order valence-corrected chi connectivity index (χ4v) is 4.43. The first kappa shape index (κ1) is 14.8. The topological polar surface area (TPSA) is 21.3 Å². The SMILES string of the molecule is Brc1c(COC2CCNCC2)c(I)cc2ccccc12. The van der Waals surface area contributed by atoms with Crippen molar-refractivity contribution in [3.8, 4) is 0 Å². The lowest BCUT2D eigenvalue weighted by Crippen LogP contribution is -2.32. The third-order valence-corrected chi connectivity index (χ3v) is 5.65. The normalized spacial score (nSPS) is 16.7. The minimum atomic E-state index is 0.394. The predicted octanol–water partition coefficient (Wildman–Crippen LogP) is 4.48. The van der Waals surface area contributed by atoms with E-state index in [9.17, 15) is 0 Å². The van der Waals surface area contributed by atoms with Gasteiger partial charge in [-0.2, -0.15) is 0 Å². The summed E-state index contributed by atoms with van der Waals surface area (Å²) >= 11 is 6.17. The van der Waals surface area contributed by atoms with Crippen LogP contribution in [0.3, 0.4) is 0 Å². The summed E-state index contributed by atoms with van der Waals surface area (Å²) in [7, 11) is 0. The molecule has 0 amide bonds. The van der Waals surface area contributed by atoms with E-state index in [0.717, 1.165) is 25.9 Å². The number of ether oxygens (including phenoxy) is 1. The number of hydrogen-bond acceptors (Lipinski definition) is 2. The van der Waals surface area contributed by atoms with Crippen LogP contribution < -0.4 is 5.32 Å². The van der Waals surface area contributed by atoms with Crippen molar-refractivity contribution in [1.82, 2.24) is 5.32 Å². The maximum Gasteiger partial charge on any atom is 0.0742 e. The Morgan fingerprint density at radius 1 is 1.25 bits per heavy atom. The average molecular weight is 446 g/mol. The molecule has 0 radical (unpaired) electrons. The molecule has 3 rings (SSSR count). The van der Waals surface area contributed by atoms with Gasteiger partial charge in [0, 0.05) is 13.6 Å². The molecule has 1 fully saturated rings. The van der Waals surface area contributed by atoms with E-state index in [4.69, 9.17) is 4.74 Å². The highest BCUT2D eigenvalue weighted by Gasteiger charge is 2.16. The second-order valence-electron chi connectivity index (χ2n) is 5.13. The van der Waals surface area contributed by atoms with Gasteiger partial charge in [0.2, 0.25) is 0 Å².